The van der Waals surface area contributed by atoms with E-state index in [1.165, 1.54) is 7.11 Å². The van der Waals surface area contributed by atoms with E-state index in [4.69, 9.17) is 4.74 Å². The quantitative estimate of drug-likeness (QED) is 0.682. The second-order valence-corrected chi connectivity index (χ2v) is 3.27. The highest BCUT2D eigenvalue weighted by Gasteiger charge is 2.28. The van der Waals surface area contributed by atoms with Gasteiger partial charge < -0.3 is 9.64 Å². The fourth-order valence-corrected chi connectivity index (χ4v) is 1.65. The van der Waals surface area contributed by atoms with Crippen molar-refractivity contribution in [3.05, 3.63) is 36.8 Å². The summed E-state index contributed by atoms with van der Waals surface area (Å²) < 4.78 is 4.75. The third kappa shape index (κ3) is 1.83. The number of methoxy groups -OCH3 is 1. The van der Waals surface area contributed by atoms with Crippen LogP contribution >= 0.6 is 0 Å². The molecule has 1 atom stereocenters. The van der Waals surface area contributed by atoms with Crippen LogP contribution in [0.4, 0.5) is 5.69 Å². The zero-order valence-corrected chi connectivity index (χ0v) is 8.46. The van der Waals surface area contributed by atoms with Crippen molar-refractivity contribution in [2.24, 2.45) is 0 Å². The topological polar surface area (TPSA) is 42.4 Å². The molecular formula is C11H12N2O2. The molecule has 0 bridgehead atoms. The third-order valence-electron chi connectivity index (χ3n) is 2.40. The highest BCUT2D eigenvalue weighted by atomic mass is 16.5. The van der Waals surface area contributed by atoms with Gasteiger partial charge in [0, 0.05) is 24.3 Å². The molecule has 0 N–H and O–H groups in total. The summed E-state index contributed by atoms with van der Waals surface area (Å²) in [6, 6.07) is 3.49. The molecule has 1 aliphatic rings. The zero-order chi connectivity index (χ0) is 10.7. The standard InChI is InChI=1S/C11H12N2O2/c1-15-11(14)10-3-2-8-13(10)9-4-6-12-7-5-9/h2,4-8,10H,3H2,1H3. The second kappa shape index (κ2) is 4.13. The minimum absolute atomic E-state index is 0.211. The number of esters is 1. The molecule has 0 aliphatic carbocycles. The average Bonchev–Trinajstić information content (AvgIpc) is 2.78. The maximum Gasteiger partial charge on any atom is 0.329 e. The number of anilines is 1. The first-order valence-electron chi connectivity index (χ1n) is 4.76. The van der Waals surface area contributed by atoms with E-state index in [0.29, 0.717) is 6.42 Å². The molecule has 0 spiro atoms. The van der Waals surface area contributed by atoms with E-state index in [1.807, 2.05) is 29.3 Å². The molecule has 0 amide bonds. The molecule has 0 fully saturated rings. The molecule has 0 saturated carbocycles. The molecule has 0 saturated heterocycles. The van der Waals surface area contributed by atoms with E-state index in [9.17, 15) is 4.79 Å². The summed E-state index contributed by atoms with van der Waals surface area (Å²) in [5, 5.41) is 0. The van der Waals surface area contributed by atoms with E-state index in [0.717, 1.165) is 5.69 Å². The van der Waals surface area contributed by atoms with Crippen LogP contribution in [-0.4, -0.2) is 24.1 Å². The fraction of sp³-hybridized carbons (Fsp3) is 0.273. The van der Waals surface area contributed by atoms with Crippen LogP contribution < -0.4 is 4.90 Å². The first kappa shape index (κ1) is 9.71. The van der Waals surface area contributed by atoms with Gasteiger partial charge in [0.25, 0.3) is 0 Å². The molecule has 0 radical (unpaired) electrons. The van der Waals surface area contributed by atoms with Crippen LogP contribution in [0.25, 0.3) is 0 Å². The molecule has 4 heteroatoms. The van der Waals surface area contributed by atoms with Crippen LogP contribution in [0, 0.1) is 0 Å². The van der Waals surface area contributed by atoms with Gasteiger partial charge in [-0.1, -0.05) is 6.08 Å². The summed E-state index contributed by atoms with van der Waals surface area (Å²) in [6.07, 6.45) is 7.96. The van der Waals surface area contributed by atoms with Gasteiger partial charge in [0.2, 0.25) is 0 Å². The minimum atomic E-state index is -0.239. The Hall–Kier alpha value is -1.84. The summed E-state index contributed by atoms with van der Waals surface area (Å²) >= 11 is 0. The van der Waals surface area contributed by atoms with Crippen molar-refractivity contribution in [1.82, 2.24) is 4.98 Å². The van der Waals surface area contributed by atoms with Crippen molar-refractivity contribution in [1.29, 1.82) is 0 Å². The zero-order valence-electron chi connectivity index (χ0n) is 8.46. The Balaban J connectivity index is 2.22. The van der Waals surface area contributed by atoms with E-state index in [2.05, 4.69) is 4.98 Å². The monoisotopic (exact) mass is 204 g/mol. The largest absolute Gasteiger partial charge is 0.467 e. The summed E-state index contributed by atoms with van der Waals surface area (Å²) in [5.41, 5.74) is 0.953. The molecule has 1 aromatic heterocycles. The van der Waals surface area contributed by atoms with Gasteiger partial charge in [0.1, 0.15) is 6.04 Å². The van der Waals surface area contributed by atoms with Gasteiger partial charge in [-0.25, -0.2) is 4.79 Å². The number of carbonyl (C=O) groups is 1. The van der Waals surface area contributed by atoms with Crippen LogP contribution in [-0.2, 0) is 9.53 Å². The molecule has 1 aliphatic heterocycles. The average molecular weight is 204 g/mol. The first-order valence-corrected chi connectivity index (χ1v) is 4.76. The van der Waals surface area contributed by atoms with Crippen molar-refractivity contribution in [2.75, 3.05) is 12.0 Å². The molecule has 78 valence electrons. The predicted molar refractivity (Wildman–Crippen MR) is 56.3 cm³/mol. The molecular weight excluding hydrogens is 192 g/mol. The van der Waals surface area contributed by atoms with Crippen LogP contribution in [0.5, 0.6) is 0 Å². The second-order valence-electron chi connectivity index (χ2n) is 3.27. The molecule has 4 nitrogen and oxygen atoms in total. The minimum Gasteiger partial charge on any atom is -0.467 e. The van der Waals surface area contributed by atoms with Gasteiger partial charge in [0.15, 0.2) is 0 Å². The summed E-state index contributed by atoms with van der Waals surface area (Å²) in [7, 11) is 1.41. The number of aromatic nitrogens is 1. The normalized spacial score (nSPS) is 19.3. The van der Waals surface area contributed by atoms with Crippen molar-refractivity contribution in [3.63, 3.8) is 0 Å². The molecule has 15 heavy (non-hydrogen) atoms. The van der Waals surface area contributed by atoms with Gasteiger partial charge in [-0.15, -0.1) is 0 Å². The molecule has 1 aromatic rings. The Morgan fingerprint density at radius 1 is 1.53 bits per heavy atom. The van der Waals surface area contributed by atoms with Gasteiger partial charge in [0.05, 0.1) is 7.11 Å². The highest BCUT2D eigenvalue weighted by molar-refractivity contribution is 5.82. The third-order valence-corrected chi connectivity index (χ3v) is 2.40. The lowest BCUT2D eigenvalue weighted by Crippen LogP contribution is -2.35. The number of hydrogen-bond acceptors (Lipinski definition) is 4. The van der Waals surface area contributed by atoms with Crippen LogP contribution in [0.1, 0.15) is 6.42 Å². The number of ether oxygens (including phenoxy) is 1. The maximum atomic E-state index is 11.5. The highest BCUT2D eigenvalue weighted by Crippen LogP contribution is 2.23. The summed E-state index contributed by atoms with van der Waals surface area (Å²) in [5.74, 6) is -0.211. The van der Waals surface area contributed by atoms with E-state index < -0.39 is 0 Å². The van der Waals surface area contributed by atoms with Gasteiger partial charge in [-0.05, 0) is 18.6 Å². The Labute approximate surface area is 88.2 Å². The smallest absolute Gasteiger partial charge is 0.329 e. The Morgan fingerprint density at radius 3 is 2.93 bits per heavy atom. The van der Waals surface area contributed by atoms with E-state index in [-0.39, 0.29) is 12.0 Å². The maximum absolute atomic E-state index is 11.5. The van der Waals surface area contributed by atoms with Crippen molar-refractivity contribution in [2.45, 2.75) is 12.5 Å². The van der Waals surface area contributed by atoms with Crippen LogP contribution in [0.2, 0.25) is 0 Å². The number of nitrogens with zero attached hydrogens (tertiary/aromatic N) is 2. The fourth-order valence-electron chi connectivity index (χ4n) is 1.65. The Kier molecular flexibility index (Phi) is 2.67. The van der Waals surface area contributed by atoms with Crippen molar-refractivity contribution < 1.29 is 9.53 Å². The molecule has 1 unspecified atom stereocenters. The van der Waals surface area contributed by atoms with Crippen molar-refractivity contribution >= 4 is 11.7 Å². The lowest BCUT2D eigenvalue weighted by atomic mass is 10.2. The molecule has 2 heterocycles. The Morgan fingerprint density at radius 2 is 2.27 bits per heavy atom. The lowest BCUT2D eigenvalue weighted by molar-refractivity contribution is -0.141. The van der Waals surface area contributed by atoms with E-state index >= 15 is 0 Å². The van der Waals surface area contributed by atoms with E-state index in [1.54, 1.807) is 12.4 Å². The van der Waals surface area contributed by atoms with Crippen LogP contribution in [0.15, 0.2) is 36.8 Å². The van der Waals surface area contributed by atoms with Crippen molar-refractivity contribution in [3.8, 4) is 0 Å². The summed E-state index contributed by atoms with van der Waals surface area (Å²) in [6.45, 7) is 0. The predicted octanol–water partition coefficient (Wildman–Crippen LogP) is 1.35. The first-order chi connectivity index (χ1) is 7.33. The van der Waals surface area contributed by atoms with Gasteiger partial charge in [-0.3, -0.25) is 4.98 Å². The number of pyridine rings is 1. The van der Waals surface area contributed by atoms with Gasteiger partial charge in [-0.2, -0.15) is 0 Å². The SMILES string of the molecule is COC(=O)C1CC=CN1c1ccncc1. The Bertz CT molecular complexity index is 375. The lowest BCUT2D eigenvalue weighted by Gasteiger charge is -2.23. The molecule has 0 aromatic carbocycles. The van der Waals surface area contributed by atoms with Gasteiger partial charge >= 0.3 is 5.97 Å². The van der Waals surface area contributed by atoms with Crippen LogP contribution in [0.3, 0.4) is 0 Å². The number of carbonyl (C=O) groups excluding carboxylic acids is 1. The molecule has 2 rings (SSSR count). The number of hydrogen-bond donors (Lipinski definition) is 0. The number of rotatable bonds is 2. The summed E-state index contributed by atoms with van der Waals surface area (Å²) in [4.78, 5) is 17.3.